The van der Waals surface area contributed by atoms with Crippen LogP contribution in [0.15, 0.2) is 22.6 Å². The number of aromatic nitrogens is 1. The molecule has 0 amide bonds. The quantitative estimate of drug-likeness (QED) is 0.674. The molecule has 70 valence electrons. The lowest BCUT2D eigenvalue weighted by Crippen LogP contribution is -1.81. The van der Waals surface area contributed by atoms with Crippen LogP contribution in [-0.2, 0) is 0 Å². The molecule has 0 atom stereocenters. The lowest BCUT2D eigenvalue weighted by Gasteiger charge is -1.88. The summed E-state index contributed by atoms with van der Waals surface area (Å²) in [5.74, 6) is 0. The van der Waals surface area contributed by atoms with Gasteiger partial charge >= 0.3 is 0 Å². The molecule has 2 N–H and O–H groups in total. The Balaban J connectivity index is 0.000000396. The van der Waals surface area contributed by atoms with Gasteiger partial charge in [-0.05, 0) is 18.6 Å². The van der Waals surface area contributed by atoms with Crippen LogP contribution in [0.3, 0.4) is 0 Å². The van der Waals surface area contributed by atoms with Crippen LogP contribution in [-0.4, -0.2) is 4.98 Å². The van der Waals surface area contributed by atoms with Gasteiger partial charge in [-0.3, -0.25) is 0 Å². The van der Waals surface area contributed by atoms with Gasteiger partial charge in [-0.15, -0.1) is 0 Å². The van der Waals surface area contributed by atoms with E-state index in [1.165, 1.54) is 0 Å². The van der Waals surface area contributed by atoms with Gasteiger partial charge in [-0.2, -0.15) is 4.98 Å². The number of nitrogens with two attached hydrogens (primary N) is 1. The van der Waals surface area contributed by atoms with Crippen molar-refractivity contribution in [3.8, 4) is 0 Å². The van der Waals surface area contributed by atoms with Crippen LogP contribution in [0, 0.1) is 6.92 Å². The van der Waals surface area contributed by atoms with Crippen LogP contribution < -0.4 is 5.73 Å². The van der Waals surface area contributed by atoms with Gasteiger partial charge in [0, 0.05) is 0 Å². The molecule has 0 bridgehead atoms. The number of benzene rings is 1. The lowest BCUT2D eigenvalue weighted by molar-refractivity contribution is 0.626. The lowest BCUT2D eigenvalue weighted by atomic mass is 10.2. The third-order valence-electron chi connectivity index (χ3n) is 1.64. The van der Waals surface area contributed by atoms with E-state index in [1.807, 2.05) is 39.0 Å². The number of anilines is 1. The largest absolute Gasteiger partial charge is 0.424 e. The molecule has 3 heteroatoms. The van der Waals surface area contributed by atoms with Crippen LogP contribution in [0.5, 0.6) is 0 Å². The van der Waals surface area contributed by atoms with E-state index in [0.717, 1.165) is 16.7 Å². The van der Waals surface area contributed by atoms with E-state index in [0.29, 0.717) is 0 Å². The molecular formula is C10H14N2O. The van der Waals surface area contributed by atoms with E-state index in [-0.39, 0.29) is 6.01 Å². The van der Waals surface area contributed by atoms with Gasteiger partial charge in [0.25, 0.3) is 6.01 Å². The number of rotatable bonds is 0. The van der Waals surface area contributed by atoms with E-state index in [4.69, 9.17) is 10.2 Å². The van der Waals surface area contributed by atoms with Crippen molar-refractivity contribution in [1.82, 2.24) is 4.98 Å². The van der Waals surface area contributed by atoms with E-state index in [1.54, 1.807) is 0 Å². The molecule has 2 aromatic rings. The zero-order chi connectivity index (χ0) is 9.84. The van der Waals surface area contributed by atoms with Crippen molar-refractivity contribution in [2.24, 2.45) is 0 Å². The number of hydrogen-bond acceptors (Lipinski definition) is 3. The van der Waals surface area contributed by atoms with Crippen molar-refractivity contribution in [2.45, 2.75) is 20.8 Å². The number of oxazole rings is 1. The summed E-state index contributed by atoms with van der Waals surface area (Å²) in [6.45, 7) is 5.98. The Morgan fingerprint density at radius 1 is 1.31 bits per heavy atom. The minimum Gasteiger partial charge on any atom is -0.424 e. The molecule has 1 aromatic carbocycles. The van der Waals surface area contributed by atoms with Gasteiger partial charge < -0.3 is 10.2 Å². The van der Waals surface area contributed by atoms with Crippen LogP contribution >= 0.6 is 0 Å². The van der Waals surface area contributed by atoms with E-state index >= 15 is 0 Å². The number of nitrogens with zero attached hydrogens (tertiary/aromatic N) is 1. The first kappa shape index (κ1) is 9.58. The second-order valence-corrected chi connectivity index (χ2v) is 2.47. The highest BCUT2D eigenvalue weighted by Gasteiger charge is 2.02. The van der Waals surface area contributed by atoms with Crippen molar-refractivity contribution in [2.75, 3.05) is 5.73 Å². The van der Waals surface area contributed by atoms with Crippen LogP contribution in [0.1, 0.15) is 19.4 Å². The molecule has 0 aliphatic rings. The summed E-state index contributed by atoms with van der Waals surface area (Å²) < 4.78 is 5.12. The predicted molar refractivity (Wildman–Crippen MR) is 54.5 cm³/mol. The molecule has 1 aromatic heterocycles. The third-order valence-corrected chi connectivity index (χ3v) is 1.64. The van der Waals surface area contributed by atoms with E-state index < -0.39 is 0 Å². The van der Waals surface area contributed by atoms with Gasteiger partial charge in [-0.1, -0.05) is 26.0 Å². The summed E-state index contributed by atoms with van der Waals surface area (Å²) in [6.07, 6.45) is 0. The average molecular weight is 178 g/mol. The average Bonchev–Trinajstić information content (AvgIpc) is 2.51. The second kappa shape index (κ2) is 3.94. The highest BCUT2D eigenvalue weighted by molar-refractivity contribution is 5.77. The molecule has 0 saturated carbocycles. The molecule has 0 aliphatic carbocycles. The smallest absolute Gasteiger partial charge is 0.292 e. The normalized spacial score (nSPS) is 9.46. The molecule has 2 rings (SSSR count). The van der Waals surface area contributed by atoms with Crippen LogP contribution in [0.4, 0.5) is 6.01 Å². The van der Waals surface area contributed by atoms with Crippen molar-refractivity contribution >= 4 is 17.1 Å². The minimum absolute atomic E-state index is 0.231. The summed E-state index contributed by atoms with van der Waals surface area (Å²) in [4.78, 5) is 4.02. The summed E-state index contributed by atoms with van der Waals surface area (Å²) in [5, 5.41) is 0. The van der Waals surface area contributed by atoms with Gasteiger partial charge in [0.05, 0.1) is 0 Å². The maximum Gasteiger partial charge on any atom is 0.292 e. The van der Waals surface area contributed by atoms with Gasteiger partial charge in [0.1, 0.15) is 5.52 Å². The number of para-hydroxylation sites is 1. The Labute approximate surface area is 77.6 Å². The molecule has 0 fully saturated rings. The maximum atomic E-state index is 5.38. The van der Waals surface area contributed by atoms with E-state index in [9.17, 15) is 0 Å². The molecule has 0 aliphatic heterocycles. The molecule has 13 heavy (non-hydrogen) atoms. The zero-order valence-electron chi connectivity index (χ0n) is 8.16. The minimum atomic E-state index is 0.231. The number of hydrogen-bond donors (Lipinski definition) is 1. The molecular weight excluding hydrogens is 164 g/mol. The monoisotopic (exact) mass is 178 g/mol. The van der Waals surface area contributed by atoms with Gasteiger partial charge in [0.2, 0.25) is 0 Å². The second-order valence-electron chi connectivity index (χ2n) is 2.47. The third kappa shape index (κ3) is 1.80. The fourth-order valence-electron chi connectivity index (χ4n) is 1.10. The Kier molecular flexibility index (Phi) is 2.90. The van der Waals surface area contributed by atoms with Crippen LogP contribution in [0.25, 0.3) is 11.1 Å². The highest BCUT2D eigenvalue weighted by atomic mass is 16.4. The highest BCUT2D eigenvalue weighted by Crippen LogP contribution is 2.19. The fraction of sp³-hybridized carbons (Fsp3) is 0.300. The maximum absolute atomic E-state index is 5.38. The van der Waals surface area contributed by atoms with Crippen molar-refractivity contribution in [1.29, 1.82) is 0 Å². The SMILES string of the molecule is CC.Cc1cccc2oc(N)nc12. The number of fused-ring (bicyclic) bond motifs is 1. The molecule has 0 unspecified atom stereocenters. The first-order valence-electron chi connectivity index (χ1n) is 4.39. The molecule has 3 nitrogen and oxygen atoms in total. The fourth-order valence-corrected chi connectivity index (χ4v) is 1.10. The summed E-state index contributed by atoms with van der Waals surface area (Å²) in [6, 6.07) is 5.98. The van der Waals surface area contributed by atoms with Crippen LogP contribution in [0.2, 0.25) is 0 Å². The Morgan fingerprint density at radius 3 is 2.62 bits per heavy atom. The first-order valence-corrected chi connectivity index (χ1v) is 4.39. The standard InChI is InChI=1S/C8H8N2O.C2H6/c1-5-3-2-4-6-7(5)10-8(9)11-6;1-2/h2-4H,1H3,(H2,9,10);1-2H3. The van der Waals surface area contributed by atoms with Gasteiger partial charge in [-0.25, -0.2) is 0 Å². The van der Waals surface area contributed by atoms with Crippen molar-refractivity contribution < 1.29 is 4.42 Å². The Bertz CT molecular complexity index is 393. The predicted octanol–water partition coefficient (Wildman–Crippen LogP) is 2.74. The first-order chi connectivity index (χ1) is 6.27. The van der Waals surface area contributed by atoms with E-state index in [2.05, 4.69) is 4.98 Å². The Hall–Kier alpha value is -1.51. The summed E-state index contributed by atoms with van der Waals surface area (Å²) in [7, 11) is 0. The Morgan fingerprint density at radius 2 is 2.00 bits per heavy atom. The molecule has 0 spiro atoms. The number of aryl methyl sites for hydroxylation is 1. The molecule has 0 saturated heterocycles. The summed E-state index contributed by atoms with van der Waals surface area (Å²) >= 11 is 0. The summed E-state index contributed by atoms with van der Waals surface area (Å²) in [5.41, 5.74) is 8.07. The van der Waals surface area contributed by atoms with Crippen molar-refractivity contribution in [3.05, 3.63) is 23.8 Å². The topological polar surface area (TPSA) is 52.0 Å². The zero-order valence-corrected chi connectivity index (χ0v) is 8.16. The number of nitrogen functional groups attached to an aromatic ring is 1. The van der Waals surface area contributed by atoms with Gasteiger partial charge in [0.15, 0.2) is 5.58 Å². The molecule has 0 radical (unpaired) electrons. The molecule has 1 heterocycles. The van der Waals surface area contributed by atoms with Crippen molar-refractivity contribution in [3.63, 3.8) is 0 Å².